The molecule has 0 atom stereocenters. The lowest BCUT2D eigenvalue weighted by atomic mass is 9.95. The Balaban J connectivity index is 1.18. The summed E-state index contributed by atoms with van der Waals surface area (Å²) in [6, 6.07) is 62.3. The van der Waals surface area contributed by atoms with E-state index in [0.717, 1.165) is 81.7 Å². The number of hydrogen-bond acceptors (Lipinski definition) is 4. The first-order valence-corrected chi connectivity index (χ1v) is 19.3. The number of nitrogens with zero attached hydrogens (tertiary/aromatic N) is 3. The minimum absolute atomic E-state index is 0.618. The zero-order chi connectivity index (χ0) is 36.0. The van der Waals surface area contributed by atoms with Crippen LogP contribution in [0.5, 0.6) is 0 Å². The molecule has 4 aromatic heterocycles. The highest BCUT2D eigenvalue weighted by molar-refractivity contribution is 7.26. The number of hydrogen-bond donors (Lipinski definition) is 0. The third-order valence-electron chi connectivity index (χ3n) is 11.0. The SMILES string of the molecule is c1ccc(-c2ccc(-c3nc(-n4c5ccccc5c5ccc6c(oc7cc(-c8ccccc8)c8ccccc8c76)c54)nc4c3sc3ccccc34)cc2)cc1. The lowest BCUT2D eigenvalue weighted by molar-refractivity contribution is 0.671. The molecule has 5 heteroatoms. The normalized spacial score (nSPS) is 12.0. The zero-order valence-electron chi connectivity index (χ0n) is 29.4. The quantitative estimate of drug-likeness (QED) is 0.182. The Bertz CT molecular complexity index is 3470. The maximum Gasteiger partial charge on any atom is 0.236 e. The van der Waals surface area contributed by atoms with Crippen LogP contribution in [0.15, 0.2) is 180 Å². The van der Waals surface area contributed by atoms with Crippen LogP contribution in [0.25, 0.3) is 114 Å². The van der Waals surface area contributed by atoms with Gasteiger partial charge in [-0.15, -0.1) is 11.3 Å². The van der Waals surface area contributed by atoms with E-state index in [1.165, 1.54) is 26.6 Å². The molecule has 0 radical (unpaired) electrons. The summed E-state index contributed by atoms with van der Waals surface area (Å²) < 4.78 is 11.6. The van der Waals surface area contributed by atoms with Crippen molar-refractivity contribution >= 4 is 86.2 Å². The summed E-state index contributed by atoms with van der Waals surface area (Å²) in [6.07, 6.45) is 0. The second-order valence-electron chi connectivity index (χ2n) is 14.1. The van der Waals surface area contributed by atoms with Crippen LogP contribution in [0.4, 0.5) is 0 Å². The molecular weight excluding hydrogens is 691 g/mol. The largest absolute Gasteiger partial charge is 0.454 e. The molecular formula is C50H29N3OS. The van der Waals surface area contributed by atoms with Crippen molar-refractivity contribution in [1.29, 1.82) is 0 Å². The molecule has 0 fully saturated rings. The lowest BCUT2D eigenvalue weighted by Gasteiger charge is -2.11. The molecule has 0 spiro atoms. The van der Waals surface area contributed by atoms with Crippen molar-refractivity contribution < 1.29 is 4.42 Å². The van der Waals surface area contributed by atoms with Gasteiger partial charge in [-0.25, -0.2) is 9.97 Å². The highest BCUT2D eigenvalue weighted by atomic mass is 32.1. The molecule has 0 amide bonds. The van der Waals surface area contributed by atoms with Crippen molar-refractivity contribution in [2.45, 2.75) is 0 Å². The first-order valence-electron chi connectivity index (χ1n) is 18.5. The molecule has 0 unspecified atom stereocenters. The van der Waals surface area contributed by atoms with Crippen molar-refractivity contribution in [3.05, 3.63) is 176 Å². The summed E-state index contributed by atoms with van der Waals surface area (Å²) in [5.41, 5.74) is 11.3. The molecule has 8 aromatic carbocycles. The molecule has 0 saturated carbocycles. The van der Waals surface area contributed by atoms with Crippen LogP contribution in [0.3, 0.4) is 0 Å². The first kappa shape index (κ1) is 30.4. The number of fused-ring (bicyclic) bond motifs is 12. The number of rotatable bonds is 4. The zero-order valence-corrected chi connectivity index (χ0v) is 30.2. The Kier molecular flexibility index (Phi) is 6.47. The van der Waals surface area contributed by atoms with Crippen molar-refractivity contribution in [3.8, 4) is 39.5 Å². The van der Waals surface area contributed by atoms with Crippen LogP contribution in [0.1, 0.15) is 0 Å². The fourth-order valence-corrected chi connectivity index (χ4v) is 9.69. The van der Waals surface area contributed by atoms with Gasteiger partial charge in [0.2, 0.25) is 5.95 Å². The van der Waals surface area contributed by atoms with Gasteiger partial charge in [-0.1, -0.05) is 152 Å². The van der Waals surface area contributed by atoms with E-state index in [4.69, 9.17) is 14.4 Å². The highest BCUT2D eigenvalue weighted by Gasteiger charge is 2.24. The van der Waals surface area contributed by atoms with Crippen molar-refractivity contribution in [1.82, 2.24) is 14.5 Å². The standard InChI is InChI=1S/C50H29N3OS/c1-3-13-30(14-4-1)31-23-25-33(26-24-31)45-49-46(38-20-10-12-22-43(38)55-49)52-50(51-45)53-41-21-11-9-18-35(41)37-27-28-39-44-36-19-8-7-17-34(36)40(32-15-5-2-6-16-32)29-42(44)54-48(39)47(37)53/h1-29H. The molecule has 4 nitrogen and oxygen atoms in total. The average Bonchev–Trinajstić information content (AvgIpc) is 3.93. The fraction of sp³-hybridized carbons (Fsp3) is 0. The van der Waals surface area contributed by atoms with Gasteiger partial charge < -0.3 is 4.42 Å². The summed E-state index contributed by atoms with van der Waals surface area (Å²) in [6.45, 7) is 0. The number of para-hydroxylation sites is 1. The third kappa shape index (κ3) is 4.51. The minimum atomic E-state index is 0.618. The van der Waals surface area contributed by atoms with E-state index in [9.17, 15) is 0 Å². The van der Waals surface area contributed by atoms with Gasteiger partial charge >= 0.3 is 0 Å². The van der Waals surface area contributed by atoms with E-state index >= 15 is 0 Å². The predicted molar refractivity (Wildman–Crippen MR) is 230 cm³/mol. The molecule has 0 aliphatic carbocycles. The number of furan rings is 1. The molecule has 0 aliphatic heterocycles. The van der Waals surface area contributed by atoms with Gasteiger partial charge in [-0.3, -0.25) is 4.57 Å². The van der Waals surface area contributed by atoms with Crippen molar-refractivity contribution in [2.75, 3.05) is 0 Å². The summed E-state index contributed by atoms with van der Waals surface area (Å²) >= 11 is 1.75. The number of thiophene rings is 1. The van der Waals surface area contributed by atoms with E-state index in [1.54, 1.807) is 11.3 Å². The fourth-order valence-electron chi connectivity index (χ4n) is 8.54. The van der Waals surface area contributed by atoms with Crippen LogP contribution in [-0.2, 0) is 0 Å². The Morgan fingerprint density at radius 3 is 1.89 bits per heavy atom. The Labute approximate surface area is 319 Å². The predicted octanol–water partition coefficient (Wildman–Crippen LogP) is 14.0. The van der Waals surface area contributed by atoms with E-state index in [1.807, 2.05) is 0 Å². The molecule has 0 aliphatic rings. The van der Waals surface area contributed by atoms with E-state index in [-0.39, 0.29) is 0 Å². The van der Waals surface area contributed by atoms with Gasteiger partial charge in [0, 0.05) is 37.2 Å². The van der Waals surface area contributed by atoms with Gasteiger partial charge in [0.15, 0.2) is 5.58 Å². The molecule has 55 heavy (non-hydrogen) atoms. The summed E-state index contributed by atoms with van der Waals surface area (Å²) in [5.74, 6) is 0.618. The molecule has 0 N–H and O–H groups in total. The molecule has 12 aromatic rings. The highest BCUT2D eigenvalue weighted by Crippen LogP contribution is 2.45. The minimum Gasteiger partial charge on any atom is -0.454 e. The van der Waals surface area contributed by atoms with E-state index in [0.29, 0.717) is 5.95 Å². The third-order valence-corrected chi connectivity index (χ3v) is 12.2. The summed E-state index contributed by atoms with van der Waals surface area (Å²) in [4.78, 5) is 10.9. The van der Waals surface area contributed by atoms with Gasteiger partial charge in [0.1, 0.15) is 11.1 Å². The molecule has 256 valence electrons. The van der Waals surface area contributed by atoms with Crippen molar-refractivity contribution in [2.24, 2.45) is 0 Å². The lowest BCUT2D eigenvalue weighted by Crippen LogP contribution is -2.03. The van der Waals surface area contributed by atoms with Gasteiger partial charge in [0.05, 0.1) is 21.4 Å². The second-order valence-corrected chi connectivity index (χ2v) is 15.1. The second kappa shape index (κ2) is 11.7. The van der Waals surface area contributed by atoms with Crippen LogP contribution >= 0.6 is 11.3 Å². The van der Waals surface area contributed by atoms with Crippen LogP contribution in [0.2, 0.25) is 0 Å². The molecule has 0 saturated heterocycles. The average molecular weight is 720 g/mol. The summed E-state index contributed by atoms with van der Waals surface area (Å²) in [5, 5.41) is 7.91. The van der Waals surface area contributed by atoms with Gasteiger partial charge in [-0.2, -0.15) is 0 Å². The number of benzene rings is 8. The smallest absolute Gasteiger partial charge is 0.236 e. The first-order chi connectivity index (χ1) is 27.3. The van der Waals surface area contributed by atoms with E-state index in [2.05, 4.69) is 180 Å². The maximum absolute atomic E-state index is 7.07. The van der Waals surface area contributed by atoms with Crippen LogP contribution < -0.4 is 0 Å². The van der Waals surface area contributed by atoms with Crippen LogP contribution in [-0.4, -0.2) is 14.5 Å². The van der Waals surface area contributed by atoms with Gasteiger partial charge in [-0.05, 0) is 57.3 Å². The Hall–Kier alpha value is -7.08. The Morgan fingerprint density at radius 2 is 1.09 bits per heavy atom. The maximum atomic E-state index is 7.07. The molecule has 0 bridgehead atoms. The topological polar surface area (TPSA) is 43.9 Å². The van der Waals surface area contributed by atoms with Crippen LogP contribution in [0, 0.1) is 0 Å². The van der Waals surface area contributed by atoms with Gasteiger partial charge in [0.25, 0.3) is 0 Å². The molecule has 4 heterocycles. The monoisotopic (exact) mass is 719 g/mol. The molecule has 12 rings (SSSR count). The summed E-state index contributed by atoms with van der Waals surface area (Å²) in [7, 11) is 0. The Morgan fingerprint density at radius 1 is 0.473 bits per heavy atom. The number of aromatic nitrogens is 3. The van der Waals surface area contributed by atoms with E-state index < -0.39 is 0 Å². The van der Waals surface area contributed by atoms with Crippen molar-refractivity contribution in [3.63, 3.8) is 0 Å².